The average Bonchev–Trinajstić information content (AvgIpc) is 2.82. The first-order chi connectivity index (χ1) is 7.29. The van der Waals surface area contributed by atoms with Gasteiger partial charge in [-0.1, -0.05) is 6.92 Å². The predicted molar refractivity (Wildman–Crippen MR) is 61.7 cm³/mol. The zero-order chi connectivity index (χ0) is 10.7. The van der Waals surface area contributed by atoms with E-state index in [4.69, 9.17) is 5.73 Å². The van der Waals surface area contributed by atoms with Gasteiger partial charge in [0, 0.05) is 35.4 Å². The molecule has 2 rings (SSSR count). The molecule has 0 aliphatic rings. The maximum Gasteiger partial charge on any atom is 0.0794 e. The molecule has 15 heavy (non-hydrogen) atoms. The maximum absolute atomic E-state index is 6.16. The van der Waals surface area contributed by atoms with E-state index in [1.54, 1.807) is 23.7 Å². The van der Waals surface area contributed by atoms with E-state index in [0.29, 0.717) is 0 Å². The first-order valence-electron chi connectivity index (χ1n) is 4.83. The standard InChI is InChI=1S/C11H13N3S/c1-8(9-2-4-13-5-3-9)11(12)10-6-14-7-15-10/h2-8,11H,12H2,1H3. The molecule has 0 radical (unpaired) electrons. The maximum atomic E-state index is 6.16. The molecular formula is C11H13N3S. The van der Waals surface area contributed by atoms with Crippen molar-refractivity contribution < 1.29 is 0 Å². The van der Waals surface area contributed by atoms with Gasteiger partial charge in [-0.25, -0.2) is 0 Å². The molecule has 2 N–H and O–H groups in total. The van der Waals surface area contributed by atoms with Crippen LogP contribution in [0.4, 0.5) is 0 Å². The van der Waals surface area contributed by atoms with Gasteiger partial charge in [0.15, 0.2) is 0 Å². The summed E-state index contributed by atoms with van der Waals surface area (Å²) in [6.45, 7) is 2.12. The predicted octanol–water partition coefficient (Wildman–Crippen LogP) is 2.34. The SMILES string of the molecule is CC(c1ccncc1)C(N)c1cncs1. The molecule has 2 heterocycles. The van der Waals surface area contributed by atoms with Crippen LogP contribution in [0.1, 0.15) is 29.3 Å². The van der Waals surface area contributed by atoms with Crippen molar-refractivity contribution in [2.24, 2.45) is 5.73 Å². The Morgan fingerprint density at radius 1 is 1.27 bits per heavy atom. The van der Waals surface area contributed by atoms with Crippen LogP contribution in [0.25, 0.3) is 0 Å². The number of thiazole rings is 1. The molecule has 3 nitrogen and oxygen atoms in total. The van der Waals surface area contributed by atoms with Gasteiger partial charge in [-0.05, 0) is 17.7 Å². The Morgan fingerprint density at radius 2 is 2.00 bits per heavy atom. The monoisotopic (exact) mass is 219 g/mol. The van der Waals surface area contributed by atoms with Crippen molar-refractivity contribution in [1.82, 2.24) is 9.97 Å². The minimum absolute atomic E-state index is 0.0138. The van der Waals surface area contributed by atoms with E-state index in [1.807, 2.05) is 23.8 Å². The van der Waals surface area contributed by atoms with Crippen LogP contribution < -0.4 is 5.73 Å². The van der Waals surface area contributed by atoms with Gasteiger partial charge >= 0.3 is 0 Å². The summed E-state index contributed by atoms with van der Waals surface area (Å²) in [5.74, 6) is 0.286. The van der Waals surface area contributed by atoms with E-state index in [0.717, 1.165) is 4.88 Å². The quantitative estimate of drug-likeness (QED) is 0.862. The lowest BCUT2D eigenvalue weighted by atomic mass is 9.94. The van der Waals surface area contributed by atoms with E-state index in [9.17, 15) is 0 Å². The molecular weight excluding hydrogens is 206 g/mol. The molecule has 0 aliphatic carbocycles. The highest BCUT2D eigenvalue weighted by Crippen LogP contribution is 2.29. The summed E-state index contributed by atoms with van der Waals surface area (Å²) < 4.78 is 0. The minimum atomic E-state index is 0.0138. The lowest BCUT2D eigenvalue weighted by Gasteiger charge is -2.18. The smallest absolute Gasteiger partial charge is 0.0794 e. The van der Waals surface area contributed by atoms with E-state index in [1.165, 1.54) is 5.56 Å². The van der Waals surface area contributed by atoms with Crippen molar-refractivity contribution in [2.75, 3.05) is 0 Å². The molecule has 2 atom stereocenters. The van der Waals surface area contributed by atoms with E-state index in [2.05, 4.69) is 16.9 Å². The van der Waals surface area contributed by atoms with Gasteiger partial charge in [0.2, 0.25) is 0 Å². The van der Waals surface area contributed by atoms with Crippen molar-refractivity contribution >= 4 is 11.3 Å². The number of nitrogens with zero attached hydrogens (tertiary/aromatic N) is 2. The average molecular weight is 219 g/mol. The van der Waals surface area contributed by atoms with Gasteiger partial charge in [-0.3, -0.25) is 9.97 Å². The lowest BCUT2D eigenvalue weighted by Crippen LogP contribution is -2.16. The van der Waals surface area contributed by atoms with Crippen molar-refractivity contribution in [3.63, 3.8) is 0 Å². The summed E-state index contributed by atoms with van der Waals surface area (Å²) in [6.07, 6.45) is 5.43. The molecule has 0 saturated carbocycles. The first kappa shape index (κ1) is 10.3. The van der Waals surface area contributed by atoms with Gasteiger partial charge < -0.3 is 5.73 Å². The molecule has 0 saturated heterocycles. The van der Waals surface area contributed by atoms with Gasteiger partial charge in [0.05, 0.1) is 5.51 Å². The number of pyridine rings is 1. The fraction of sp³-hybridized carbons (Fsp3) is 0.273. The van der Waals surface area contributed by atoms with Crippen LogP contribution in [-0.2, 0) is 0 Å². The van der Waals surface area contributed by atoms with Crippen molar-refractivity contribution in [2.45, 2.75) is 18.9 Å². The van der Waals surface area contributed by atoms with Crippen LogP contribution in [0.15, 0.2) is 36.2 Å². The molecule has 0 aliphatic heterocycles. The highest BCUT2D eigenvalue weighted by atomic mass is 32.1. The molecule has 0 fully saturated rings. The number of rotatable bonds is 3. The topological polar surface area (TPSA) is 51.8 Å². The van der Waals surface area contributed by atoms with Crippen molar-refractivity contribution in [3.05, 3.63) is 46.7 Å². The van der Waals surface area contributed by atoms with Crippen LogP contribution in [-0.4, -0.2) is 9.97 Å². The summed E-state index contributed by atoms with van der Waals surface area (Å²) in [4.78, 5) is 9.17. The lowest BCUT2D eigenvalue weighted by molar-refractivity contribution is 0.606. The number of nitrogens with two attached hydrogens (primary N) is 1. The summed E-state index contributed by atoms with van der Waals surface area (Å²) in [6, 6.07) is 4.02. The summed E-state index contributed by atoms with van der Waals surface area (Å²) >= 11 is 1.60. The fourth-order valence-electron chi connectivity index (χ4n) is 1.51. The second-order valence-corrected chi connectivity index (χ2v) is 4.42. The van der Waals surface area contributed by atoms with Crippen molar-refractivity contribution in [1.29, 1.82) is 0 Å². The Morgan fingerprint density at radius 3 is 2.60 bits per heavy atom. The Bertz CT molecular complexity index is 399. The van der Waals surface area contributed by atoms with Crippen LogP contribution in [0.5, 0.6) is 0 Å². The van der Waals surface area contributed by atoms with Gasteiger partial charge in [0.25, 0.3) is 0 Å². The third-order valence-electron chi connectivity index (χ3n) is 2.55. The van der Waals surface area contributed by atoms with Gasteiger partial charge in [0.1, 0.15) is 0 Å². The Hall–Kier alpha value is -1.26. The third-order valence-corrected chi connectivity index (χ3v) is 3.43. The molecule has 0 bridgehead atoms. The molecule has 2 aromatic rings. The summed E-state index contributed by atoms with van der Waals surface area (Å²) in [5, 5.41) is 0. The molecule has 0 spiro atoms. The van der Waals surface area contributed by atoms with E-state index in [-0.39, 0.29) is 12.0 Å². The van der Waals surface area contributed by atoms with Crippen LogP contribution >= 0.6 is 11.3 Å². The van der Waals surface area contributed by atoms with Crippen LogP contribution in [0.2, 0.25) is 0 Å². The van der Waals surface area contributed by atoms with Gasteiger partial charge in [-0.15, -0.1) is 11.3 Å². The normalized spacial score (nSPS) is 14.8. The van der Waals surface area contributed by atoms with Crippen LogP contribution in [0, 0.1) is 0 Å². The van der Waals surface area contributed by atoms with E-state index < -0.39 is 0 Å². The largest absolute Gasteiger partial charge is 0.323 e. The zero-order valence-corrected chi connectivity index (χ0v) is 9.32. The van der Waals surface area contributed by atoms with Crippen LogP contribution in [0.3, 0.4) is 0 Å². The fourth-order valence-corrected chi connectivity index (χ4v) is 2.24. The molecule has 2 aromatic heterocycles. The van der Waals surface area contributed by atoms with Crippen molar-refractivity contribution in [3.8, 4) is 0 Å². The zero-order valence-electron chi connectivity index (χ0n) is 8.50. The summed E-state index contributed by atoms with van der Waals surface area (Å²) in [5.41, 5.74) is 9.19. The minimum Gasteiger partial charge on any atom is -0.323 e. The number of aromatic nitrogens is 2. The Labute approximate surface area is 93.0 Å². The first-order valence-corrected chi connectivity index (χ1v) is 5.71. The second-order valence-electron chi connectivity index (χ2n) is 3.50. The Kier molecular flexibility index (Phi) is 3.08. The molecule has 2 unspecified atom stereocenters. The molecule has 4 heteroatoms. The third kappa shape index (κ3) is 2.22. The second kappa shape index (κ2) is 4.51. The Balaban J connectivity index is 2.18. The molecule has 0 amide bonds. The molecule has 0 aromatic carbocycles. The van der Waals surface area contributed by atoms with Gasteiger partial charge in [-0.2, -0.15) is 0 Å². The summed E-state index contributed by atoms with van der Waals surface area (Å²) in [7, 11) is 0. The number of hydrogen-bond donors (Lipinski definition) is 1. The van der Waals surface area contributed by atoms with E-state index >= 15 is 0 Å². The number of hydrogen-bond acceptors (Lipinski definition) is 4. The highest BCUT2D eigenvalue weighted by Gasteiger charge is 2.17. The molecule has 78 valence electrons. The highest BCUT2D eigenvalue weighted by molar-refractivity contribution is 7.09.